The zero-order valence-corrected chi connectivity index (χ0v) is 14.7. The Morgan fingerprint density at radius 1 is 1.19 bits per heavy atom. The van der Waals surface area contributed by atoms with Gasteiger partial charge in [0.25, 0.3) is 5.69 Å². The summed E-state index contributed by atoms with van der Waals surface area (Å²) in [5.74, 6) is 1.24. The Kier molecular flexibility index (Phi) is 6.17. The lowest BCUT2D eigenvalue weighted by molar-refractivity contribution is -0.385. The molecule has 0 saturated heterocycles. The summed E-state index contributed by atoms with van der Waals surface area (Å²) in [4.78, 5) is 10.9. The number of methoxy groups -OCH3 is 2. The maximum atomic E-state index is 11.4. The van der Waals surface area contributed by atoms with Crippen molar-refractivity contribution in [2.45, 2.75) is 6.92 Å². The van der Waals surface area contributed by atoms with Gasteiger partial charge in [-0.1, -0.05) is 12.1 Å². The van der Waals surface area contributed by atoms with E-state index in [0.29, 0.717) is 23.7 Å². The number of nitro groups is 1. The molecular weight excluding hydrogens is 336 g/mol. The van der Waals surface area contributed by atoms with E-state index < -0.39 is 4.92 Å². The second-order valence-corrected chi connectivity index (χ2v) is 5.15. The lowest BCUT2D eigenvalue weighted by atomic mass is 10.0. The van der Waals surface area contributed by atoms with Crippen LogP contribution in [-0.4, -0.2) is 25.7 Å². The molecular formula is C19H18N2O5. The van der Waals surface area contributed by atoms with E-state index in [1.54, 1.807) is 30.3 Å². The molecule has 7 nitrogen and oxygen atoms in total. The summed E-state index contributed by atoms with van der Waals surface area (Å²) < 4.78 is 15.7. The lowest BCUT2D eigenvalue weighted by Gasteiger charge is -2.10. The quantitative estimate of drug-likeness (QED) is 0.322. The molecule has 0 unspecified atom stereocenters. The zero-order valence-electron chi connectivity index (χ0n) is 14.7. The molecule has 0 aromatic heterocycles. The minimum absolute atomic E-state index is 0.141. The largest absolute Gasteiger partial charge is 0.494 e. The first-order chi connectivity index (χ1) is 12.5. The molecule has 0 atom stereocenters. The number of hydrogen-bond acceptors (Lipinski definition) is 6. The van der Waals surface area contributed by atoms with E-state index in [2.05, 4.69) is 0 Å². The van der Waals surface area contributed by atoms with Crippen molar-refractivity contribution in [3.8, 4) is 23.3 Å². The number of nitriles is 1. The third-order valence-corrected chi connectivity index (χ3v) is 3.61. The SMILES string of the molecule is CCOc1ccc(/C=C(\C#N)c2cc(OC)c(OC)cc2[N+](=O)[O-])cc1. The molecule has 2 aromatic carbocycles. The third kappa shape index (κ3) is 4.11. The highest BCUT2D eigenvalue weighted by Crippen LogP contribution is 2.38. The maximum Gasteiger partial charge on any atom is 0.281 e. The second kappa shape index (κ2) is 8.53. The number of nitro benzene ring substituents is 1. The van der Waals surface area contributed by atoms with Gasteiger partial charge in [0.1, 0.15) is 11.8 Å². The van der Waals surface area contributed by atoms with Crippen molar-refractivity contribution < 1.29 is 19.1 Å². The molecule has 0 aliphatic rings. The van der Waals surface area contributed by atoms with Gasteiger partial charge >= 0.3 is 0 Å². The zero-order chi connectivity index (χ0) is 19.1. The van der Waals surface area contributed by atoms with Crippen LogP contribution >= 0.6 is 0 Å². The fourth-order valence-corrected chi connectivity index (χ4v) is 2.40. The standard InChI is InChI=1S/C19H18N2O5/c1-4-26-15-7-5-13(6-8-15)9-14(12-20)16-10-18(24-2)19(25-3)11-17(16)21(22)23/h5-11H,4H2,1-3H3/b14-9+. The molecule has 0 heterocycles. The van der Waals surface area contributed by atoms with Gasteiger partial charge < -0.3 is 14.2 Å². The van der Waals surface area contributed by atoms with Gasteiger partial charge in [-0.05, 0) is 36.8 Å². The molecule has 0 aliphatic heterocycles. The summed E-state index contributed by atoms with van der Waals surface area (Å²) >= 11 is 0. The van der Waals surface area contributed by atoms with Crippen molar-refractivity contribution >= 4 is 17.3 Å². The van der Waals surface area contributed by atoms with Crippen LogP contribution in [0.5, 0.6) is 17.2 Å². The molecule has 0 radical (unpaired) electrons. The van der Waals surface area contributed by atoms with E-state index >= 15 is 0 Å². The lowest BCUT2D eigenvalue weighted by Crippen LogP contribution is -1.99. The highest BCUT2D eigenvalue weighted by atomic mass is 16.6. The molecule has 0 N–H and O–H groups in total. The minimum atomic E-state index is -0.555. The van der Waals surface area contributed by atoms with Gasteiger partial charge in [-0.3, -0.25) is 10.1 Å². The first-order valence-electron chi connectivity index (χ1n) is 7.79. The number of rotatable bonds is 7. The van der Waals surface area contributed by atoms with Crippen molar-refractivity contribution in [1.29, 1.82) is 5.26 Å². The average molecular weight is 354 g/mol. The van der Waals surface area contributed by atoms with Crippen molar-refractivity contribution in [3.63, 3.8) is 0 Å². The van der Waals surface area contributed by atoms with Crippen molar-refractivity contribution in [3.05, 3.63) is 57.6 Å². The number of hydrogen-bond donors (Lipinski definition) is 0. The molecule has 7 heteroatoms. The Hall–Kier alpha value is -3.53. The monoisotopic (exact) mass is 354 g/mol. The van der Waals surface area contributed by atoms with Gasteiger partial charge in [0, 0.05) is 0 Å². The van der Waals surface area contributed by atoms with Crippen LogP contribution < -0.4 is 14.2 Å². The van der Waals surface area contributed by atoms with Crippen LogP contribution in [0.1, 0.15) is 18.1 Å². The highest BCUT2D eigenvalue weighted by molar-refractivity contribution is 5.93. The molecule has 0 amide bonds. The van der Waals surface area contributed by atoms with Crippen molar-refractivity contribution in [2.24, 2.45) is 0 Å². The Morgan fingerprint density at radius 3 is 2.31 bits per heavy atom. The Morgan fingerprint density at radius 2 is 1.81 bits per heavy atom. The molecule has 0 bridgehead atoms. The van der Waals surface area contributed by atoms with Crippen LogP contribution in [0, 0.1) is 21.4 Å². The molecule has 0 spiro atoms. The van der Waals surface area contributed by atoms with E-state index in [0.717, 1.165) is 0 Å². The molecule has 0 aliphatic carbocycles. The molecule has 0 saturated carbocycles. The van der Waals surface area contributed by atoms with Gasteiger partial charge in [0.15, 0.2) is 11.5 Å². The highest BCUT2D eigenvalue weighted by Gasteiger charge is 2.22. The summed E-state index contributed by atoms with van der Waals surface area (Å²) in [6.07, 6.45) is 1.57. The van der Waals surface area contributed by atoms with Gasteiger partial charge in [-0.2, -0.15) is 5.26 Å². The van der Waals surface area contributed by atoms with E-state index in [-0.39, 0.29) is 22.6 Å². The summed E-state index contributed by atoms with van der Waals surface area (Å²) in [6, 6.07) is 11.8. The van der Waals surface area contributed by atoms with Crippen LogP contribution in [0.15, 0.2) is 36.4 Å². The summed E-state index contributed by atoms with van der Waals surface area (Å²) in [6.45, 7) is 2.44. The number of allylic oxidation sites excluding steroid dienone is 1. The third-order valence-electron chi connectivity index (χ3n) is 3.61. The summed E-state index contributed by atoms with van der Waals surface area (Å²) in [7, 11) is 2.82. The van der Waals surface area contributed by atoms with Crippen LogP contribution in [0.2, 0.25) is 0 Å². The molecule has 26 heavy (non-hydrogen) atoms. The molecule has 2 aromatic rings. The average Bonchev–Trinajstić information content (AvgIpc) is 2.66. The number of ether oxygens (including phenoxy) is 3. The van der Waals surface area contributed by atoms with E-state index in [4.69, 9.17) is 14.2 Å². The second-order valence-electron chi connectivity index (χ2n) is 5.15. The molecule has 2 rings (SSSR count). The number of benzene rings is 2. The predicted octanol–water partition coefficient (Wildman–Crippen LogP) is 4.07. The van der Waals surface area contributed by atoms with E-state index in [9.17, 15) is 15.4 Å². The first kappa shape index (κ1) is 18.8. The van der Waals surface area contributed by atoms with Crippen LogP contribution in [0.3, 0.4) is 0 Å². The predicted molar refractivity (Wildman–Crippen MR) is 97.3 cm³/mol. The normalized spacial score (nSPS) is 10.8. The molecule has 0 fully saturated rings. The fraction of sp³-hybridized carbons (Fsp3) is 0.211. The first-order valence-corrected chi connectivity index (χ1v) is 7.79. The van der Waals surface area contributed by atoms with E-state index in [1.165, 1.54) is 26.4 Å². The fourth-order valence-electron chi connectivity index (χ4n) is 2.40. The number of nitrogens with zero attached hydrogens (tertiary/aromatic N) is 2. The van der Waals surface area contributed by atoms with Crippen molar-refractivity contribution in [1.82, 2.24) is 0 Å². The summed E-state index contributed by atoms with van der Waals surface area (Å²) in [5, 5.41) is 21.0. The van der Waals surface area contributed by atoms with Gasteiger partial charge in [0.2, 0.25) is 0 Å². The van der Waals surface area contributed by atoms with Crippen LogP contribution in [0.4, 0.5) is 5.69 Å². The van der Waals surface area contributed by atoms with Gasteiger partial charge in [-0.15, -0.1) is 0 Å². The van der Waals surface area contributed by atoms with Crippen LogP contribution in [-0.2, 0) is 0 Å². The van der Waals surface area contributed by atoms with Crippen LogP contribution in [0.25, 0.3) is 11.6 Å². The Balaban J connectivity index is 2.55. The smallest absolute Gasteiger partial charge is 0.281 e. The van der Waals surface area contributed by atoms with Gasteiger partial charge in [0.05, 0.1) is 43.0 Å². The minimum Gasteiger partial charge on any atom is -0.494 e. The van der Waals surface area contributed by atoms with Gasteiger partial charge in [-0.25, -0.2) is 0 Å². The van der Waals surface area contributed by atoms with Crippen molar-refractivity contribution in [2.75, 3.05) is 20.8 Å². The Labute approximate surface area is 151 Å². The topological polar surface area (TPSA) is 94.6 Å². The summed E-state index contributed by atoms with van der Waals surface area (Å²) in [5.41, 5.74) is 0.779. The Bertz CT molecular complexity index is 867. The molecule has 134 valence electrons. The van der Waals surface area contributed by atoms with E-state index in [1.807, 2.05) is 13.0 Å². The maximum absolute atomic E-state index is 11.4.